The number of nitrogens with zero attached hydrogens (tertiary/aromatic N) is 1. The number of carbonyl (C=O) groups excluding carboxylic acids is 1. The van der Waals surface area contributed by atoms with E-state index in [4.69, 9.17) is 0 Å². The van der Waals surface area contributed by atoms with Gasteiger partial charge in [-0.3, -0.25) is 9.52 Å². The Bertz CT molecular complexity index is 837. The van der Waals surface area contributed by atoms with Crippen molar-refractivity contribution < 1.29 is 22.3 Å². The van der Waals surface area contributed by atoms with Crippen molar-refractivity contribution in [3.8, 4) is 0 Å². The number of ether oxygens (including phenoxy) is 1. The maximum absolute atomic E-state index is 13.3. The van der Waals surface area contributed by atoms with Gasteiger partial charge in [0, 0.05) is 0 Å². The van der Waals surface area contributed by atoms with Crippen LogP contribution in [0.5, 0.6) is 0 Å². The number of halogens is 1. The van der Waals surface area contributed by atoms with Gasteiger partial charge in [0.2, 0.25) is 0 Å². The summed E-state index contributed by atoms with van der Waals surface area (Å²) in [5, 5.41) is 0. The number of pyridine rings is 1. The fraction of sp³-hybridized carbons (Fsp3) is 0.200. The summed E-state index contributed by atoms with van der Waals surface area (Å²) in [5.41, 5.74) is 0.762. The summed E-state index contributed by atoms with van der Waals surface area (Å²) in [7, 11) is -2.73. The van der Waals surface area contributed by atoms with E-state index in [0.717, 1.165) is 6.07 Å². The minimum absolute atomic E-state index is 0.0371. The lowest BCUT2D eigenvalue weighted by atomic mass is 10.2. The number of hydrogen-bond acceptors (Lipinski definition) is 5. The summed E-state index contributed by atoms with van der Waals surface area (Å²) in [6.45, 7) is 1.56. The Morgan fingerprint density at radius 1 is 1.30 bits per heavy atom. The molecule has 0 bridgehead atoms. The molecule has 1 aromatic heterocycles. The highest BCUT2D eigenvalue weighted by Gasteiger charge is 2.18. The van der Waals surface area contributed by atoms with Crippen LogP contribution in [0.3, 0.4) is 0 Å². The van der Waals surface area contributed by atoms with E-state index >= 15 is 0 Å². The first-order chi connectivity index (χ1) is 10.8. The highest BCUT2D eigenvalue weighted by Crippen LogP contribution is 2.19. The molecule has 0 aliphatic rings. The first kappa shape index (κ1) is 16.9. The first-order valence-electron chi connectivity index (χ1n) is 6.63. The first-order valence-corrected chi connectivity index (χ1v) is 8.12. The number of hydrogen-bond donors (Lipinski definition) is 1. The number of esters is 1. The molecular weight excluding hydrogens is 323 g/mol. The Kier molecular flexibility index (Phi) is 4.95. The Morgan fingerprint density at radius 2 is 2.04 bits per heavy atom. The van der Waals surface area contributed by atoms with E-state index in [1.165, 1.54) is 25.3 Å². The van der Waals surface area contributed by atoms with Crippen LogP contribution < -0.4 is 4.72 Å². The van der Waals surface area contributed by atoms with Crippen molar-refractivity contribution in [1.29, 1.82) is 0 Å². The molecule has 0 atom stereocenters. The summed E-state index contributed by atoms with van der Waals surface area (Å²) in [4.78, 5) is 15.1. The summed E-state index contributed by atoms with van der Waals surface area (Å²) in [6, 6.07) is 8.07. The van der Waals surface area contributed by atoms with E-state index in [9.17, 15) is 17.6 Å². The average molecular weight is 338 g/mol. The van der Waals surface area contributed by atoms with Crippen LogP contribution in [0.15, 0.2) is 41.3 Å². The predicted octanol–water partition coefficient (Wildman–Crippen LogP) is 2.05. The van der Waals surface area contributed by atoms with Crippen molar-refractivity contribution >= 4 is 21.8 Å². The second kappa shape index (κ2) is 6.74. The molecule has 2 rings (SSSR count). The zero-order valence-corrected chi connectivity index (χ0v) is 13.4. The second-order valence-electron chi connectivity index (χ2n) is 4.78. The van der Waals surface area contributed by atoms with Crippen molar-refractivity contribution in [2.75, 3.05) is 11.8 Å². The van der Waals surface area contributed by atoms with E-state index in [1.807, 2.05) is 0 Å². The largest absolute Gasteiger partial charge is 0.469 e. The molecule has 0 unspecified atom stereocenters. The van der Waals surface area contributed by atoms with Gasteiger partial charge in [0.25, 0.3) is 10.0 Å². The summed E-state index contributed by atoms with van der Waals surface area (Å²) in [5.74, 6) is -1.10. The van der Waals surface area contributed by atoms with Crippen molar-refractivity contribution in [1.82, 2.24) is 4.98 Å². The quantitative estimate of drug-likeness (QED) is 0.843. The van der Waals surface area contributed by atoms with Crippen molar-refractivity contribution in [3.05, 3.63) is 53.5 Å². The third kappa shape index (κ3) is 4.26. The number of methoxy groups -OCH3 is 1. The summed E-state index contributed by atoms with van der Waals surface area (Å²) >= 11 is 0. The van der Waals surface area contributed by atoms with Gasteiger partial charge < -0.3 is 4.74 Å². The van der Waals surface area contributed by atoms with E-state index in [0.29, 0.717) is 11.3 Å². The van der Waals surface area contributed by atoms with Crippen molar-refractivity contribution in [2.24, 2.45) is 0 Å². The Morgan fingerprint density at radius 3 is 2.74 bits per heavy atom. The van der Waals surface area contributed by atoms with Crippen molar-refractivity contribution in [3.63, 3.8) is 0 Å². The fourth-order valence-corrected chi connectivity index (χ4v) is 3.17. The molecule has 0 aliphatic carbocycles. The van der Waals surface area contributed by atoms with Gasteiger partial charge in [-0.2, -0.15) is 0 Å². The van der Waals surface area contributed by atoms with Crippen LogP contribution in [-0.4, -0.2) is 26.5 Å². The van der Waals surface area contributed by atoms with E-state index in [2.05, 4.69) is 14.4 Å². The SMILES string of the molecule is COC(=O)Cc1cccc(NS(=O)(=O)c2cc(F)ccc2C)n1. The number of aromatic nitrogens is 1. The number of aryl methyl sites for hydroxylation is 1. The lowest BCUT2D eigenvalue weighted by molar-refractivity contribution is -0.139. The van der Waals surface area contributed by atoms with Gasteiger partial charge >= 0.3 is 5.97 Å². The number of anilines is 1. The number of rotatable bonds is 5. The molecule has 1 aromatic carbocycles. The Hall–Kier alpha value is -2.48. The molecule has 122 valence electrons. The van der Waals surface area contributed by atoms with Gasteiger partial charge in [-0.25, -0.2) is 17.8 Å². The maximum atomic E-state index is 13.3. The van der Waals surface area contributed by atoms with Gasteiger partial charge in [0.15, 0.2) is 0 Å². The minimum Gasteiger partial charge on any atom is -0.469 e. The lowest BCUT2D eigenvalue weighted by Crippen LogP contribution is -2.16. The van der Waals surface area contributed by atoms with Crippen LogP contribution >= 0.6 is 0 Å². The number of benzene rings is 1. The van der Waals surface area contributed by atoms with Gasteiger partial charge in [-0.15, -0.1) is 0 Å². The van der Waals surface area contributed by atoms with Crippen LogP contribution in [0.1, 0.15) is 11.3 Å². The van der Waals surface area contributed by atoms with Crippen LogP contribution in [0.25, 0.3) is 0 Å². The van der Waals surface area contributed by atoms with Gasteiger partial charge in [0.05, 0.1) is 24.1 Å². The van der Waals surface area contributed by atoms with Crippen LogP contribution in [0, 0.1) is 12.7 Å². The molecule has 23 heavy (non-hydrogen) atoms. The Labute approximate surface area is 133 Å². The highest BCUT2D eigenvalue weighted by molar-refractivity contribution is 7.92. The van der Waals surface area contributed by atoms with Gasteiger partial charge in [-0.05, 0) is 36.8 Å². The number of carbonyl (C=O) groups is 1. The minimum atomic E-state index is -3.99. The second-order valence-corrected chi connectivity index (χ2v) is 6.43. The lowest BCUT2D eigenvalue weighted by Gasteiger charge is -2.10. The molecule has 0 radical (unpaired) electrons. The predicted molar refractivity (Wildman–Crippen MR) is 81.9 cm³/mol. The van der Waals surface area contributed by atoms with Gasteiger partial charge in [-0.1, -0.05) is 12.1 Å². The van der Waals surface area contributed by atoms with Crippen LogP contribution in [0.2, 0.25) is 0 Å². The fourth-order valence-electron chi connectivity index (χ4n) is 1.91. The van der Waals surface area contributed by atoms with E-state index in [-0.39, 0.29) is 17.1 Å². The molecule has 0 saturated carbocycles. The molecule has 0 saturated heterocycles. The zero-order valence-electron chi connectivity index (χ0n) is 12.5. The normalized spacial score (nSPS) is 11.1. The van der Waals surface area contributed by atoms with Gasteiger partial charge in [0.1, 0.15) is 11.6 Å². The molecule has 0 aliphatic heterocycles. The molecule has 0 fully saturated rings. The third-order valence-corrected chi connectivity index (χ3v) is 4.54. The Balaban J connectivity index is 2.29. The topological polar surface area (TPSA) is 85.4 Å². The smallest absolute Gasteiger partial charge is 0.311 e. The summed E-state index contributed by atoms with van der Waals surface area (Å²) in [6.07, 6.45) is -0.0783. The van der Waals surface area contributed by atoms with E-state index < -0.39 is 21.8 Å². The molecule has 2 aromatic rings. The molecule has 1 N–H and O–H groups in total. The number of sulfonamides is 1. The van der Waals surface area contributed by atoms with Crippen LogP contribution in [-0.2, 0) is 26.0 Å². The van der Waals surface area contributed by atoms with Crippen LogP contribution in [0.4, 0.5) is 10.2 Å². The molecule has 6 nitrogen and oxygen atoms in total. The maximum Gasteiger partial charge on any atom is 0.311 e. The molecule has 0 spiro atoms. The monoisotopic (exact) mass is 338 g/mol. The highest BCUT2D eigenvalue weighted by atomic mass is 32.2. The standard InChI is InChI=1S/C15H15FN2O4S/c1-10-6-7-11(16)8-13(10)23(20,21)18-14-5-3-4-12(17-14)9-15(19)22-2/h3-8H,9H2,1-2H3,(H,17,18). The molecule has 0 amide bonds. The summed E-state index contributed by atoms with van der Waals surface area (Å²) < 4.78 is 44.8. The zero-order chi connectivity index (χ0) is 17.0. The number of nitrogens with one attached hydrogen (secondary N) is 1. The third-order valence-electron chi connectivity index (χ3n) is 3.04. The molecule has 1 heterocycles. The molecular formula is C15H15FN2O4S. The van der Waals surface area contributed by atoms with Crippen molar-refractivity contribution in [2.45, 2.75) is 18.2 Å². The van der Waals surface area contributed by atoms with E-state index in [1.54, 1.807) is 19.1 Å². The molecule has 8 heteroatoms. The average Bonchev–Trinajstić information content (AvgIpc) is 2.49.